The summed E-state index contributed by atoms with van der Waals surface area (Å²) in [5.41, 5.74) is 9.18. The molecule has 0 bridgehead atoms. The first-order chi connectivity index (χ1) is 10.1. The molecule has 0 aliphatic carbocycles. The minimum atomic E-state index is -0.277. The number of nitrogens with two attached hydrogens (primary N) is 1. The molecule has 21 heavy (non-hydrogen) atoms. The Kier molecular flexibility index (Phi) is 3.78. The second-order valence-corrected chi connectivity index (χ2v) is 5.91. The Labute approximate surface area is 130 Å². The Morgan fingerprint density at radius 1 is 1.29 bits per heavy atom. The summed E-state index contributed by atoms with van der Waals surface area (Å²) < 4.78 is 15.9. The molecule has 1 heterocycles. The molecule has 3 rings (SSSR count). The molecule has 0 spiro atoms. The van der Waals surface area contributed by atoms with Crippen molar-refractivity contribution in [2.24, 2.45) is 12.8 Å². The molecule has 0 fully saturated rings. The molecule has 2 aromatic carbocycles. The SMILES string of the molecule is Cn1c(CC(N)c2ccc(F)cc2Br)nc2ccccc21. The van der Waals surface area contributed by atoms with E-state index in [1.807, 2.05) is 35.9 Å². The normalized spacial score (nSPS) is 12.8. The van der Waals surface area contributed by atoms with E-state index < -0.39 is 0 Å². The molecule has 1 aromatic heterocycles. The zero-order valence-electron chi connectivity index (χ0n) is 11.6. The zero-order chi connectivity index (χ0) is 15.0. The van der Waals surface area contributed by atoms with Crippen LogP contribution in [0.4, 0.5) is 4.39 Å². The van der Waals surface area contributed by atoms with E-state index in [2.05, 4.69) is 20.9 Å². The van der Waals surface area contributed by atoms with Gasteiger partial charge >= 0.3 is 0 Å². The summed E-state index contributed by atoms with van der Waals surface area (Å²) in [4.78, 5) is 4.62. The maximum Gasteiger partial charge on any atom is 0.124 e. The molecule has 2 N–H and O–H groups in total. The largest absolute Gasteiger partial charge is 0.331 e. The molecule has 3 nitrogen and oxygen atoms in total. The van der Waals surface area contributed by atoms with Crippen molar-refractivity contribution in [2.75, 3.05) is 0 Å². The van der Waals surface area contributed by atoms with Crippen molar-refractivity contribution in [3.63, 3.8) is 0 Å². The van der Waals surface area contributed by atoms with Crippen LogP contribution in [0.5, 0.6) is 0 Å². The number of hydrogen-bond donors (Lipinski definition) is 1. The van der Waals surface area contributed by atoms with Crippen molar-refractivity contribution in [1.29, 1.82) is 0 Å². The molecular formula is C16H15BrFN3. The third kappa shape index (κ3) is 2.71. The van der Waals surface area contributed by atoms with E-state index in [0.717, 1.165) is 22.4 Å². The second kappa shape index (κ2) is 5.58. The standard InChI is InChI=1S/C16H15BrFN3/c1-21-15-5-3-2-4-14(15)20-16(21)9-13(19)11-7-6-10(18)8-12(11)17/h2-8,13H,9,19H2,1H3. The summed E-state index contributed by atoms with van der Waals surface area (Å²) in [6, 6.07) is 12.3. The molecule has 0 aliphatic rings. The quantitative estimate of drug-likeness (QED) is 0.784. The number of rotatable bonds is 3. The number of para-hydroxylation sites is 2. The van der Waals surface area contributed by atoms with Gasteiger partial charge in [0, 0.05) is 24.0 Å². The van der Waals surface area contributed by atoms with Crippen LogP contribution in [0, 0.1) is 5.82 Å². The highest BCUT2D eigenvalue weighted by Crippen LogP contribution is 2.26. The van der Waals surface area contributed by atoms with E-state index in [1.165, 1.54) is 12.1 Å². The number of fused-ring (bicyclic) bond motifs is 1. The summed E-state index contributed by atoms with van der Waals surface area (Å²) in [5, 5.41) is 0. The van der Waals surface area contributed by atoms with Crippen molar-refractivity contribution in [3.05, 3.63) is 64.1 Å². The van der Waals surface area contributed by atoms with Gasteiger partial charge in [-0.1, -0.05) is 34.1 Å². The Balaban J connectivity index is 1.92. The van der Waals surface area contributed by atoms with Crippen LogP contribution >= 0.6 is 15.9 Å². The fourth-order valence-electron chi connectivity index (χ4n) is 2.49. The smallest absolute Gasteiger partial charge is 0.124 e. The number of halogens is 2. The molecule has 1 unspecified atom stereocenters. The lowest BCUT2D eigenvalue weighted by atomic mass is 10.0. The summed E-state index contributed by atoms with van der Waals surface area (Å²) in [6.07, 6.45) is 0.593. The van der Waals surface area contributed by atoms with Crippen molar-refractivity contribution in [1.82, 2.24) is 9.55 Å². The highest BCUT2D eigenvalue weighted by Gasteiger charge is 2.15. The number of aromatic nitrogens is 2. The van der Waals surface area contributed by atoms with E-state index >= 15 is 0 Å². The van der Waals surface area contributed by atoms with Crippen molar-refractivity contribution >= 4 is 27.0 Å². The fraction of sp³-hybridized carbons (Fsp3) is 0.188. The maximum absolute atomic E-state index is 13.2. The molecule has 0 amide bonds. The Hall–Kier alpha value is -1.72. The van der Waals surface area contributed by atoms with Gasteiger partial charge in [-0.15, -0.1) is 0 Å². The molecular weight excluding hydrogens is 333 g/mol. The minimum absolute atomic E-state index is 0.240. The zero-order valence-corrected chi connectivity index (χ0v) is 13.1. The lowest BCUT2D eigenvalue weighted by molar-refractivity contribution is 0.620. The minimum Gasteiger partial charge on any atom is -0.331 e. The van der Waals surface area contributed by atoms with E-state index in [9.17, 15) is 4.39 Å². The summed E-state index contributed by atoms with van der Waals surface area (Å²) in [6.45, 7) is 0. The van der Waals surface area contributed by atoms with Gasteiger partial charge in [0.15, 0.2) is 0 Å². The number of imidazole rings is 1. The molecule has 0 saturated carbocycles. The molecule has 0 radical (unpaired) electrons. The lowest BCUT2D eigenvalue weighted by Crippen LogP contribution is -2.16. The monoisotopic (exact) mass is 347 g/mol. The van der Waals surface area contributed by atoms with E-state index in [-0.39, 0.29) is 11.9 Å². The number of aryl methyl sites for hydroxylation is 1. The Morgan fingerprint density at radius 3 is 2.76 bits per heavy atom. The van der Waals surface area contributed by atoms with Crippen LogP contribution in [0.3, 0.4) is 0 Å². The van der Waals surface area contributed by atoms with Crippen molar-refractivity contribution in [2.45, 2.75) is 12.5 Å². The van der Waals surface area contributed by atoms with Crippen LogP contribution in [-0.2, 0) is 13.5 Å². The number of hydrogen-bond acceptors (Lipinski definition) is 2. The van der Waals surface area contributed by atoms with Gasteiger partial charge in [0.25, 0.3) is 0 Å². The molecule has 0 saturated heterocycles. The topological polar surface area (TPSA) is 43.8 Å². The third-order valence-electron chi connectivity index (χ3n) is 3.64. The van der Waals surface area contributed by atoms with Crippen LogP contribution < -0.4 is 5.73 Å². The van der Waals surface area contributed by atoms with Gasteiger partial charge in [0.2, 0.25) is 0 Å². The van der Waals surface area contributed by atoms with Crippen LogP contribution in [0.25, 0.3) is 11.0 Å². The molecule has 3 aromatic rings. The summed E-state index contributed by atoms with van der Waals surface area (Å²) in [5.74, 6) is 0.639. The molecule has 108 valence electrons. The van der Waals surface area contributed by atoms with Gasteiger partial charge in [-0.3, -0.25) is 0 Å². The Morgan fingerprint density at radius 2 is 2.05 bits per heavy atom. The van der Waals surface area contributed by atoms with Crippen molar-refractivity contribution < 1.29 is 4.39 Å². The average Bonchev–Trinajstić information content (AvgIpc) is 2.76. The summed E-state index contributed by atoms with van der Waals surface area (Å²) >= 11 is 3.37. The summed E-state index contributed by atoms with van der Waals surface area (Å²) in [7, 11) is 1.98. The van der Waals surface area contributed by atoms with Gasteiger partial charge < -0.3 is 10.3 Å². The molecule has 0 aliphatic heterocycles. The van der Waals surface area contributed by atoms with Crippen molar-refractivity contribution in [3.8, 4) is 0 Å². The number of benzene rings is 2. The second-order valence-electron chi connectivity index (χ2n) is 5.05. The van der Waals surface area contributed by atoms with E-state index in [0.29, 0.717) is 10.9 Å². The highest BCUT2D eigenvalue weighted by molar-refractivity contribution is 9.10. The lowest BCUT2D eigenvalue weighted by Gasteiger charge is -2.14. The first-order valence-electron chi connectivity index (χ1n) is 6.67. The van der Waals surface area contributed by atoms with Gasteiger partial charge in [-0.05, 0) is 29.8 Å². The predicted molar refractivity (Wildman–Crippen MR) is 85.4 cm³/mol. The molecule has 5 heteroatoms. The first-order valence-corrected chi connectivity index (χ1v) is 7.46. The van der Waals surface area contributed by atoms with Crippen LogP contribution in [0.15, 0.2) is 46.9 Å². The van der Waals surface area contributed by atoms with Crippen LogP contribution in [0.1, 0.15) is 17.4 Å². The van der Waals surface area contributed by atoms with Gasteiger partial charge in [0.1, 0.15) is 11.6 Å². The van der Waals surface area contributed by atoms with Gasteiger partial charge in [-0.2, -0.15) is 0 Å². The predicted octanol–water partition coefficient (Wildman–Crippen LogP) is 3.72. The van der Waals surface area contributed by atoms with E-state index in [1.54, 1.807) is 6.07 Å². The number of nitrogens with zero attached hydrogens (tertiary/aromatic N) is 2. The van der Waals surface area contributed by atoms with Gasteiger partial charge in [0.05, 0.1) is 11.0 Å². The van der Waals surface area contributed by atoms with E-state index in [4.69, 9.17) is 5.73 Å². The Bertz CT molecular complexity index is 797. The van der Waals surface area contributed by atoms with Crippen LogP contribution in [0.2, 0.25) is 0 Å². The first kappa shape index (κ1) is 14.2. The molecule has 1 atom stereocenters. The third-order valence-corrected chi connectivity index (χ3v) is 4.33. The average molecular weight is 348 g/mol. The maximum atomic E-state index is 13.2. The van der Waals surface area contributed by atoms with Gasteiger partial charge in [-0.25, -0.2) is 9.37 Å². The highest BCUT2D eigenvalue weighted by atomic mass is 79.9. The van der Waals surface area contributed by atoms with Crippen LogP contribution in [-0.4, -0.2) is 9.55 Å². The fourth-order valence-corrected chi connectivity index (χ4v) is 3.13.